The molecule has 2 rings (SSSR count). The lowest BCUT2D eigenvalue weighted by Gasteiger charge is -2.09. The number of carbonyl (C=O) groups excluding carboxylic acids is 1. The molecule has 3 nitrogen and oxygen atoms in total. The van der Waals surface area contributed by atoms with Crippen LogP contribution in [0.3, 0.4) is 0 Å². The molecule has 0 saturated heterocycles. The maximum atomic E-state index is 11.2. The van der Waals surface area contributed by atoms with Crippen LogP contribution in [-0.2, 0) is 9.53 Å². The molecule has 1 atom stereocenters. The molecule has 0 aliphatic heterocycles. The third kappa shape index (κ3) is 1.90. The van der Waals surface area contributed by atoms with E-state index in [9.17, 15) is 9.90 Å². The maximum Gasteiger partial charge on any atom is 0.339 e. The summed E-state index contributed by atoms with van der Waals surface area (Å²) >= 11 is 0. The van der Waals surface area contributed by atoms with Gasteiger partial charge in [-0.3, -0.25) is 0 Å². The van der Waals surface area contributed by atoms with Gasteiger partial charge in [0.1, 0.15) is 0 Å². The number of methoxy groups -OCH3 is 1. The van der Waals surface area contributed by atoms with E-state index in [0.29, 0.717) is 5.56 Å². The number of esters is 1. The van der Waals surface area contributed by atoms with Gasteiger partial charge in [-0.25, -0.2) is 4.79 Å². The highest BCUT2D eigenvalue weighted by Gasteiger charge is 2.17. The quantitative estimate of drug-likeness (QED) is 0.781. The largest absolute Gasteiger partial charge is 0.467 e. The number of carbonyl (C=O) groups is 1. The molecule has 0 unspecified atom stereocenters. The monoisotopic (exact) mass is 216 g/mol. The Balaban J connectivity index is 2.43. The number of hydrogen-bond acceptors (Lipinski definition) is 3. The van der Waals surface area contributed by atoms with E-state index in [1.165, 1.54) is 7.11 Å². The van der Waals surface area contributed by atoms with Crippen LogP contribution >= 0.6 is 0 Å². The summed E-state index contributed by atoms with van der Waals surface area (Å²) < 4.78 is 4.49. The number of benzene rings is 2. The highest BCUT2D eigenvalue weighted by Crippen LogP contribution is 2.20. The second-order valence-electron chi connectivity index (χ2n) is 3.53. The summed E-state index contributed by atoms with van der Waals surface area (Å²) in [4.78, 5) is 11.2. The summed E-state index contributed by atoms with van der Waals surface area (Å²) in [5.41, 5.74) is 0.547. The number of ether oxygens (including phenoxy) is 1. The molecule has 0 saturated carbocycles. The Morgan fingerprint density at radius 2 is 1.88 bits per heavy atom. The Morgan fingerprint density at radius 3 is 2.56 bits per heavy atom. The fourth-order valence-electron chi connectivity index (χ4n) is 1.63. The molecule has 0 amide bonds. The first kappa shape index (κ1) is 10.6. The van der Waals surface area contributed by atoms with Gasteiger partial charge < -0.3 is 9.84 Å². The summed E-state index contributed by atoms with van der Waals surface area (Å²) in [6.07, 6.45) is -1.21. The molecule has 0 radical (unpaired) electrons. The number of fused-ring (bicyclic) bond motifs is 1. The summed E-state index contributed by atoms with van der Waals surface area (Å²) in [6.45, 7) is 0. The maximum absolute atomic E-state index is 11.2. The average Bonchev–Trinajstić information content (AvgIpc) is 2.36. The first-order chi connectivity index (χ1) is 7.72. The predicted octanol–water partition coefficient (Wildman–Crippen LogP) is 2.05. The van der Waals surface area contributed by atoms with E-state index in [1.807, 2.05) is 30.3 Å². The summed E-state index contributed by atoms with van der Waals surface area (Å²) in [7, 11) is 1.26. The van der Waals surface area contributed by atoms with Crippen LogP contribution < -0.4 is 0 Å². The minimum atomic E-state index is -1.21. The van der Waals surface area contributed by atoms with Crippen molar-refractivity contribution in [1.29, 1.82) is 0 Å². The van der Waals surface area contributed by atoms with E-state index >= 15 is 0 Å². The van der Waals surface area contributed by atoms with Gasteiger partial charge in [0.2, 0.25) is 0 Å². The van der Waals surface area contributed by atoms with Gasteiger partial charge in [-0.15, -0.1) is 0 Å². The third-order valence-electron chi connectivity index (χ3n) is 2.51. The first-order valence-corrected chi connectivity index (χ1v) is 4.97. The molecule has 0 aromatic heterocycles. The summed E-state index contributed by atoms with van der Waals surface area (Å²) in [5.74, 6) is -0.643. The highest BCUT2D eigenvalue weighted by molar-refractivity contribution is 5.85. The Kier molecular flexibility index (Phi) is 2.88. The van der Waals surface area contributed by atoms with Crippen molar-refractivity contribution in [2.75, 3.05) is 7.11 Å². The Hall–Kier alpha value is -1.87. The summed E-state index contributed by atoms with van der Waals surface area (Å²) in [5, 5.41) is 11.7. The van der Waals surface area contributed by atoms with Crippen LogP contribution in [0.5, 0.6) is 0 Å². The molecule has 0 heterocycles. The van der Waals surface area contributed by atoms with Crippen LogP contribution in [0.15, 0.2) is 42.5 Å². The van der Waals surface area contributed by atoms with Crippen molar-refractivity contribution in [3.8, 4) is 0 Å². The zero-order valence-corrected chi connectivity index (χ0v) is 8.88. The minimum Gasteiger partial charge on any atom is -0.467 e. The number of aliphatic hydroxyl groups excluding tert-OH is 1. The fourth-order valence-corrected chi connectivity index (χ4v) is 1.63. The molecule has 3 heteroatoms. The molecule has 2 aromatic rings. The van der Waals surface area contributed by atoms with E-state index < -0.39 is 12.1 Å². The lowest BCUT2D eigenvalue weighted by atomic mass is 10.0. The van der Waals surface area contributed by atoms with Crippen molar-refractivity contribution in [2.24, 2.45) is 0 Å². The SMILES string of the molecule is COC(=O)[C@@H](O)c1ccc2ccccc2c1. The van der Waals surface area contributed by atoms with Crippen molar-refractivity contribution < 1.29 is 14.6 Å². The average molecular weight is 216 g/mol. The van der Waals surface area contributed by atoms with E-state index in [4.69, 9.17) is 0 Å². The molecular weight excluding hydrogens is 204 g/mol. The third-order valence-corrected chi connectivity index (χ3v) is 2.51. The van der Waals surface area contributed by atoms with Gasteiger partial charge in [-0.05, 0) is 22.4 Å². The normalized spacial score (nSPS) is 12.4. The van der Waals surface area contributed by atoms with E-state index in [1.54, 1.807) is 12.1 Å². The zero-order chi connectivity index (χ0) is 11.5. The van der Waals surface area contributed by atoms with Gasteiger partial charge in [-0.1, -0.05) is 36.4 Å². The number of hydrogen-bond donors (Lipinski definition) is 1. The van der Waals surface area contributed by atoms with Crippen LogP contribution in [-0.4, -0.2) is 18.2 Å². The van der Waals surface area contributed by atoms with E-state index in [-0.39, 0.29) is 0 Å². The van der Waals surface area contributed by atoms with E-state index in [2.05, 4.69) is 4.74 Å². The van der Waals surface area contributed by atoms with Gasteiger partial charge >= 0.3 is 5.97 Å². The molecule has 0 bridgehead atoms. The van der Waals surface area contributed by atoms with Gasteiger partial charge in [0, 0.05) is 0 Å². The zero-order valence-electron chi connectivity index (χ0n) is 8.88. The van der Waals surface area contributed by atoms with Crippen LogP contribution in [0, 0.1) is 0 Å². The molecule has 0 fully saturated rings. The van der Waals surface area contributed by atoms with Crippen molar-refractivity contribution >= 4 is 16.7 Å². The van der Waals surface area contributed by atoms with Gasteiger partial charge in [-0.2, -0.15) is 0 Å². The molecule has 0 aliphatic rings. The van der Waals surface area contributed by atoms with Gasteiger partial charge in [0.15, 0.2) is 6.10 Å². The highest BCUT2D eigenvalue weighted by atomic mass is 16.5. The standard InChI is InChI=1S/C13H12O3/c1-16-13(15)12(14)11-7-6-9-4-2-3-5-10(9)8-11/h2-8,12,14H,1H3/t12-/m0/s1. The van der Waals surface area contributed by atoms with Crippen molar-refractivity contribution in [3.63, 3.8) is 0 Å². The lowest BCUT2D eigenvalue weighted by Crippen LogP contribution is -2.13. The molecule has 0 aliphatic carbocycles. The number of aliphatic hydroxyl groups is 1. The van der Waals surface area contributed by atoms with Gasteiger partial charge in [0.25, 0.3) is 0 Å². The van der Waals surface area contributed by atoms with Crippen LogP contribution in [0.4, 0.5) is 0 Å². The molecule has 2 aromatic carbocycles. The lowest BCUT2D eigenvalue weighted by molar-refractivity contribution is -0.150. The Bertz CT molecular complexity index is 519. The van der Waals surface area contributed by atoms with Gasteiger partial charge in [0.05, 0.1) is 7.11 Å². The van der Waals surface area contributed by atoms with Crippen LogP contribution in [0.1, 0.15) is 11.7 Å². The van der Waals surface area contributed by atoms with Crippen LogP contribution in [0.2, 0.25) is 0 Å². The number of rotatable bonds is 2. The summed E-state index contributed by atoms with van der Waals surface area (Å²) in [6, 6.07) is 13.2. The van der Waals surface area contributed by atoms with Crippen molar-refractivity contribution in [3.05, 3.63) is 48.0 Å². The van der Waals surface area contributed by atoms with Crippen molar-refractivity contribution in [1.82, 2.24) is 0 Å². The van der Waals surface area contributed by atoms with Crippen LogP contribution in [0.25, 0.3) is 10.8 Å². The predicted molar refractivity (Wildman–Crippen MR) is 60.9 cm³/mol. The van der Waals surface area contributed by atoms with Crippen molar-refractivity contribution in [2.45, 2.75) is 6.10 Å². The smallest absolute Gasteiger partial charge is 0.339 e. The molecular formula is C13H12O3. The molecule has 1 N–H and O–H groups in total. The minimum absolute atomic E-state index is 0.547. The Morgan fingerprint density at radius 1 is 1.19 bits per heavy atom. The second-order valence-corrected chi connectivity index (χ2v) is 3.53. The Labute approximate surface area is 93.3 Å². The first-order valence-electron chi connectivity index (χ1n) is 4.97. The fraction of sp³-hybridized carbons (Fsp3) is 0.154. The topological polar surface area (TPSA) is 46.5 Å². The van der Waals surface area contributed by atoms with E-state index in [0.717, 1.165) is 10.8 Å². The molecule has 82 valence electrons. The second kappa shape index (κ2) is 4.33. The molecule has 16 heavy (non-hydrogen) atoms. The molecule has 0 spiro atoms.